The molecule has 0 aliphatic carbocycles. The minimum atomic E-state index is -0.739. The number of amides is 1. The standard InChI is InChI=1S/C18H23N3O3/c1-15-3-2-4-16(9-15)10-18(13-22)12-21(7-8-24-18)17(23)11-20-6-5-19-14-20/h2-6,9,14,22H,7-8,10-13H2,1H3/t18-/m1/s1. The first-order valence-corrected chi connectivity index (χ1v) is 8.14. The van der Waals surface area contributed by atoms with Gasteiger partial charge in [-0.05, 0) is 12.5 Å². The molecule has 0 saturated carbocycles. The molecule has 1 aliphatic rings. The zero-order chi connectivity index (χ0) is 17.0. The molecule has 0 bridgehead atoms. The van der Waals surface area contributed by atoms with Gasteiger partial charge in [-0.15, -0.1) is 0 Å². The molecule has 128 valence electrons. The van der Waals surface area contributed by atoms with E-state index in [1.165, 1.54) is 5.56 Å². The second-order valence-corrected chi connectivity index (χ2v) is 6.41. The van der Waals surface area contributed by atoms with E-state index < -0.39 is 5.60 Å². The molecule has 1 amide bonds. The number of ether oxygens (including phenoxy) is 1. The summed E-state index contributed by atoms with van der Waals surface area (Å²) in [5.74, 6) is 0.0124. The Bertz CT molecular complexity index is 687. The number of aliphatic hydroxyl groups is 1. The van der Waals surface area contributed by atoms with Gasteiger partial charge in [0.05, 0.1) is 26.1 Å². The minimum absolute atomic E-state index is 0.0124. The Morgan fingerprint density at radius 1 is 1.46 bits per heavy atom. The third-order valence-corrected chi connectivity index (χ3v) is 4.38. The van der Waals surface area contributed by atoms with E-state index in [0.717, 1.165) is 5.56 Å². The molecule has 24 heavy (non-hydrogen) atoms. The van der Waals surface area contributed by atoms with E-state index in [1.54, 1.807) is 28.2 Å². The summed E-state index contributed by atoms with van der Waals surface area (Å²) in [6, 6.07) is 8.16. The highest BCUT2D eigenvalue weighted by atomic mass is 16.5. The Labute approximate surface area is 141 Å². The van der Waals surface area contributed by atoms with Gasteiger partial charge in [0.1, 0.15) is 12.1 Å². The first kappa shape index (κ1) is 16.7. The molecule has 0 unspecified atom stereocenters. The van der Waals surface area contributed by atoms with Crippen LogP contribution < -0.4 is 0 Å². The fourth-order valence-corrected chi connectivity index (χ4v) is 3.15. The Morgan fingerprint density at radius 3 is 3.04 bits per heavy atom. The Hall–Kier alpha value is -2.18. The largest absolute Gasteiger partial charge is 0.393 e. The molecule has 1 atom stereocenters. The molecule has 0 spiro atoms. The average Bonchev–Trinajstić information content (AvgIpc) is 3.08. The maximum absolute atomic E-state index is 12.5. The zero-order valence-corrected chi connectivity index (χ0v) is 13.9. The summed E-state index contributed by atoms with van der Waals surface area (Å²) in [6.07, 6.45) is 5.64. The number of imidazole rings is 1. The van der Waals surface area contributed by atoms with Crippen LogP contribution in [0.1, 0.15) is 11.1 Å². The van der Waals surface area contributed by atoms with Crippen molar-refractivity contribution < 1.29 is 14.6 Å². The smallest absolute Gasteiger partial charge is 0.242 e. The molecule has 0 radical (unpaired) electrons. The Balaban J connectivity index is 1.70. The van der Waals surface area contributed by atoms with E-state index in [2.05, 4.69) is 11.1 Å². The van der Waals surface area contributed by atoms with Crippen molar-refractivity contribution in [3.05, 3.63) is 54.1 Å². The topological polar surface area (TPSA) is 67.6 Å². The van der Waals surface area contributed by atoms with Crippen molar-refractivity contribution in [2.24, 2.45) is 0 Å². The third-order valence-electron chi connectivity index (χ3n) is 4.38. The van der Waals surface area contributed by atoms with E-state index in [-0.39, 0.29) is 19.1 Å². The number of nitrogens with zero attached hydrogens (tertiary/aromatic N) is 3. The Kier molecular flexibility index (Phi) is 4.97. The molecule has 1 saturated heterocycles. The van der Waals surface area contributed by atoms with Crippen LogP contribution in [-0.4, -0.2) is 57.4 Å². The number of aryl methyl sites for hydroxylation is 1. The first-order chi connectivity index (χ1) is 11.6. The van der Waals surface area contributed by atoms with E-state index in [4.69, 9.17) is 4.74 Å². The lowest BCUT2D eigenvalue weighted by Crippen LogP contribution is -2.57. The van der Waals surface area contributed by atoms with E-state index in [1.807, 2.05) is 25.1 Å². The van der Waals surface area contributed by atoms with Crippen LogP contribution in [0.25, 0.3) is 0 Å². The summed E-state index contributed by atoms with van der Waals surface area (Å²) >= 11 is 0. The molecule has 1 fully saturated rings. The number of benzene rings is 1. The number of morpholine rings is 1. The van der Waals surface area contributed by atoms with Crippen LogP contribution in [0.2, 0.25) is 0 Å². The quantitative estimate of drug-likeness (QED) is 0.889. The molecule has 6 heteroatoms. The molecular weight excluding hydrogens is 306 g/mol. The summed E-state index contributed by atoms with van der Waals surface area (Å²) in [7, 11) is 0. The highest BCUT2D eigenvalue weighted by molar-refractivity contribution is 5.76. The predicted molar refractivity (Wildman–Crippen MR) is 89.5 cm³/mol. The van der Waals surface area contributed by atoms with Crippen molar-refractivity contribution in [2.75, 3.05) is 26.3 Å². The number of carbonyl (C=O) groups is 1. The van der Waals surface area contributed by atoms with Crippen LogP contribution in [0, 0.1) is 6.92 Å². The summed E-state index contributed by atoms with van der Waals surface area (Å²) < 4.78 is 7.66. The second kappa shape index (κ2) is 7.15. The van der Waals surface area contributed by atoms with Crippen molar-refractivity contribution in [1.29, 1.82) is 0 Å². The van der Waals surface area contributed by atoms with Gasteiger partial charge in [0.25, 0.3) is 0 Å². The van der Waals surface area contributed by atoms with Crippen LogP contribution in [-0.2, 0) is 22.5 Å². The van der Waals surface area contributed by atoms with E-state index in [9.17, 15) is 9.90 Å². The lowest BCUT2D eigenvalue weighted by atomic mass is 9.92. The van der Waals surface area contributed by atoms with Crippen molar-refractivity contribution in [1.82, 2.24) is 14.5 Å². The van der Waals surface area contributed by atoms with Crippen LogP contribution in [0.4, 0.5) is 0 Å². The van der Waals surface area contributed by atoms with Crippen molar-refractivity contribution in [2.45, 2.75) is 25.5 Å². The molecule has 1 aromatic carbocycles. The predicted octanol–water partition coefficient (Wildman–Crippen LogP) is 1.02. The van der Waals surface area contributed by atoms with Gasteiger partial charge in [-0.2, -0.15) is 0 Å². The van der Waals surface area contributed by atoms with Gasteiger partial charge < -0.3 is 19.3 Å². The highest BCUT2D eigenvalue weighted by Gasteiger charge is 2.38. The fraction of sp³-hybridized carbons (Fsp3) is 0.444. The lowest BCUT2D eigenvalue weighted by molar-refractivity contribution is -0.158. The van der Waals surface area contributed by atoms with Crippen molar-refractivity contribution in [3.63, 3.8) is 0 Å². The molecular formula is C18H23N3O3. The number of carbonyl (C=O) groups excluding carboxylic acids is 1. The molecule has 2 heterocycles. The first-order valence-electron chi connectivity index (χ1n) is 8.14. The fourth-order valence-electron chi connectivity index (χ4n) is 3.15. The maximum Gasteiger partial charge on any atom is 0.242 e. The third kappa shape index (κ3) is 3.83. The SMILES string of the molecule is Cc1cccc(C[C@]2(CO)CN(C(=O)Cn3ccnc3)CCO2)c1. The van der Waals surface area contributed by atoms with Gasteiger partial charge >= 0.3 is 0 Å². The van der Waals surface area contributed by atoms with Crippen LogP contribution in [0.5, 0.6) is 0 Å². The molecule has 2 aromatic rings. The average molecular weight is 329 g/mol. The number of rotatable bonds is 5. The second-order valence-electron chi connectivity index (χ2n) is 6.41. The number of aliphatic hydroxyl groups excluding tert-OH is 1. The highest BCUT2D eigenvalue weighted by Crippen LogP contribution is 2.24. The number of hydrogen-bond acceptors (Lipinski definition) is 4. The van der Waals surface area contributed by atoms with Gasteiger partial charge in [0, 0.05) is 25.4 Å². The lowest BCUT2D eigenvalue weighted by Gasteiger charge is -2.42. The van der Waals surface area contributed by atoms with E-state index >= 15 is 0 Å². The summed E-state index contributed by atoms with van der Waals surface area (Å²) in [6.45, 7) is 3.55. The summed E-state index contributed by atoms with van der Waals surface area (Å²) in [4.78, 5) is 18.2. The molecule has 1 aliphatic heterocycles. The number of hydrogen-bond donors (Lipinski definition) is 1. The van der Waals surface area contributed by atoms with Gasteiger partial charge in [0.15, 0.2) is 0 Å². The van der Waals surface area contributed by atoms with Gasteiger partial charge in [-0.25, -0.2) is 4.98 Å². The maximum atomic E-state index is 12.5. The van der Waals surface area contributed by atoms with Crippen LogP contribution >= 0.6 is 0 Å². The number of aromatic nitrogens is 2. The van der Waals surface area contributed by atoms with Gasteiger partial charge in [0.2, 0.25) is 5.91 Å². The summed E-state index contributed by atoms with van der Waals surface area (Å²) in [5.41, 5.74) is 1.54. The van der Waals surface area contributed by atoms with Crippen molar-refractivity contribution in [3.8, 4) is 0 Å². The normalized spacial score (nSPS) is 21.0. The molecule has 6 nitrogen and oxygen atoms in total. The molecule has 1 aromatic heterocycles. The Morgan fingerprint density at radius 2 is 2.33 bits per heavy atom. The van der Waals surface area contributed by atoms with Crippen LogP contribution in [0.15, 0.2) is 43.0 Å². The van der Waals surface area contributed by atoms with Gasteiger partial charge in [-0.3, -0.25) is 4.79 Å². The molecule has 3 rings (SSSR count). The van der Waals surface area contributed by atoms with Crippen LogP contribution in [0.3, 0.4) is 0 Å². The summed E-state index contributed by atoms with van der Waals surface area (Å²) in [5, 5.41) is 9.95. The zero-order valence-electron chi connectivity index (χ0n) is 13.9. The monoisotopic (exact) mass is 329 g/mol. The van der Waals surface area contributed by atoms with Crippen molar-refractivity contribution >= 4 is 5.91 Å². The molecule has 1 N–H and O–H groups in total. The van der Waals surface area contributed by atoms with Gasteiger partial charge in [-0.1, -0.05) is 29.8 Å². The van der Waals surface area contributed by atoms with E-state index in [0.29, 0.717) is 26.1 Å². The minimum Gasteiger partial charge on any atom is -0.393 e.